The van der Waals surface area contributed by atoms with Crippen molar-refractivity contribution in [2.45, 2.75) is 25.2 Å². The number of hydrogen-bond acceptors (Lipinski definition) is 3. The van der Waals surface area contributed by atoms with Crippen molar-refractivity contribution < 1.29 is 4.74 Å². The summed E-state index contributed by atoms with van der Waals surface area (Å²) in [5.74, 6) is 1.15. The van der Waals surface area contributed by atoms with Crippen LogP contribution < -0.4 is 4.90 Å². The van der Waals surface area contributed by atoms with Gasteiger partial charge in [0.2, 0.25) is 0 Å². The van der Waals surface area contributed by atoms with Crippen molar-refractivity contribution in [3.63, 3.8) is 0 Å². The summed E-state index contributed by atoms with van der Waals surface area (Å²) in [7, 11) is 5.78. The second kappa shape index (κ2) is 5.68. The molecule has 1 aromatic rings. The third-order valence-electron chi connectivity index (χ3n) is 2.85. The summed E-state index contributed by atoms with van der Waals surface area (Å²) in [4.78, 5) is 2.21. The van der Waals surface area contributed by atoms with Crippen molar-refractivity contribution in [2.75, 3.05) is 25.7 Å². The quantitative estimate of drug-likeness (QED) is 0.778. The van der Waals surface area contributed by atoms with Crippen molar-refractivity contribution in [1.29, 1.82) is 0 Å². The number of halogens is 1. The fourth-order valence-electron chi connectivity index (χ4n) is 1.85. The largest absolute Gasteiger partial charge is 0.383 e. The number of rotatable bonds is 5. The van der Waals surface area contributed by atoms with Crippen molar-refractivity contribution in [1.82, 2.24) is 9.78 Å². The van der Waals surface area contributed by atoms with Crippen molar-refractivity contribution in [2.24, 2.45) is 7.05 Å². The van der Waals surface area contributed by atoms with Crippen LogP contribution in [0.4, 0.5) is 5.82 Å². The summed E-state index contributed by atoms with van der Waals surface area (Å²) in [6.07, 6.45) is 0. The number of likely N-dealkylation sites (N-methyl/N-ethyl adjacent to an activating group) is 1. The van der Waals surface area contributed by atoms with Crippen molar-refractivity contribution in [3.8, 4) is 0 Å². The zero-order chi connectivity index (χ0) is 12.3. The van der Waals surface area contributed by atoms with Crippen LogP contribution in [0.2, 0.25) is 0 Å². The van der Waals surface area contributed by atoms with E-state index in [1.54, 1.807) is 7.11 Å². The molecule has 1 unspecified atom stereocenters. The number of anilines is 1. The van der Waals surface area contributed by atoms with Crippen LogP contribution in [-0.2, 0) is 17.1 Å². The van der Waals surface area contributed by atoms with E-state index in [2.05, 4.69) is 39.9 Å². The minimum atomic E-state index is 0.331. The molecule has 0 saturated heterocycles. The van der Waals surface area contributed by atoms with E-state index in [0.717, 1.165) is 16.8 Å². The maximum absolute atomic E-state index is 5.18. The van der Waals surface area contributed by atoms with E-state index < -0.39 is 0 Å². The minimum Gasteiger partial charge on any atom is -0.383 e. The lowest BCUT2D eigenvalue weighted by atomic mass is 10.2. The first-order valence-electron chi connectivity index (χ1n) is 5.33. The molecule has 0 N–H and O–H groups in total. The fourth-order valence-corrected chi connectivity index (χ4v) is 2.51. The predicted molar refractivity (Wildman–Crippen MR) is 70.3 cm³/mol. The summed E-state index contributed by atoms with van der Waals surface area (Å²) in [5.41, 5.74) is 2.32. The van der Waals surface area contributed by atoms with E-state index >= 15 is 0 Å². The Kier molecular flexibility index (Phi) is 4.80. The van der Waals surface area contributed by atoms with Gasteiger partial charge in [0.05, 0.1) is 18.3 Å². The van der Waals surface area contributed by atoms with E-state index in [0.29, 0.717) is 12.6 Å². The van der Waals surface area contributed by atoms with Crippen LogP contribution in [0.3, 0.4) is 0 Å². The zero-order valence-corrected chi connectivity index (χ0v) is 12.2. The van der Waals surface area contributed by atoms with E-state index in [-0.39, 0.29) is 0 Å². The Bertz CT molecular complexity index is 351. The molecule has 0 saturated carbocycles. The summed E-state index contributed by atoms with van der Waals surface area (Å²) in [6, 6.07) is 0.331. The number of methoxy groups -OCH3 is 1. The Morgan fingerprint density at radius 1 is 1.56 bits per heavy atom. The Morgan fingerprint density at radius 2 is 2.19 bits per heavy atom. The van der Waals surface area contributed by atoms with Crippen LogP contribution in [0.25, 0.3) is 0 Å². The van der Waals surface area contributed by atoms with Gasteiger partial charge in [-0.3, -0.25) is 4.68 Å². The molecule has 0 aliphatic carbocycles. The second-order valence-corrected chi connectivity index (χ2v) is 4.62. The van der Waals surface area contributed by atoms with Crippen LogP contribution in [0.1, 0.15) is 18.2 Å². The topological polar surface area (TPSA) is 30.3 Å². The van der Waals surface area contributed by atoms with Crippen LogP contribution >= 0.6 is 15.9 Å². The average Bonchev–Trinajstić information content (AvgIpc) is 2.52. The smallest absolute Gasteiger partial charge is 0.130 e. The second-order valence-electron chi connectivity index (χ2n) is 4.06. The summed E-state index contributed by atoms with van der Waals surface area (Å²) < 4.78 is 7.11. The summed E-state index contributed by atoms with van der Waals surface area (Å²) in [5, 5.41) is 5.28. The molecule has 0 aliphatic heterocycles. The van der Waals surface area contributed by atoms with E-state index in [1.807, 2.05) is 18.7 Å². The van der Waals surface area contributed by atoms with E-state index in [9.17, 15) is 0 Å². The molecule has 1 heterocycles. The standard InChI is InChI=1S/C11H20BrN3O/c1-8(7-16-5)14(3)11-10(6-12)9(2)13-15(11)4/h8H,6-7H2,1-5H3. The van der Waals surface area contributed by atoms with Gasteiger partial charge >= 0.3 is 0 Å². The van der Waals surface area contributed by atoms with Crippen LogP contribution in [0.15, 0.2) is 0 Å². The molecule has 0 fully saturated rings. The maximum Gasteiger partial charge on any atom is 0.130 e. The molecular weight excluding hydrogens is 270 g/mol. The maximum atomic E-state index is 5.18. The molecule has 1 rings (SSSR count). The van der Waals surface area contributed by atoms with Gasteiger partial charge in [-0.15, -0.1) is 0 Å². The Morgan fingerprint density at radius 3 is 2.69 bits per heavy atom. The highest BCUT2D eigenvalue weighted by atomic mass is 79.9. The lowest BCUT2D eigenvalue weighted by Gasteiger charge is -2.27. The molecule has 4 nitrogen and oxygen atoms in total. The van der Waals surface area contributed by atoms with Gasteiger partial charge in [-0.1, -0.05) is 15.9 Å². The van der Waals surface area contributed by atoms with Crippen LogP contribution in [0, 0.1) is 6.92 Å². The van der Waals surface area contributed by atoms with E-state index in [1.165, 1.54) is 5.56 Å². The van der Waals surface area contributed by atoms with Crippen LogP contribution in [0.5, 0.6) is 0 Å². The third-order valence-corrected chi connectivity index (χ3v) is 3.41. The Balaban J connectivity index is 3.02. The number of nitrogens with zero attached hydrogens (tertiary/aromatic N) is 3. The van der Waals surface area contributed by atoms with Crippen LogP contribution in [-0.4, -0.2) is 36.6 Å². The summed E-state index contributed by atoms with van der Waals surface area (Å²) in [6.45, 7) is 4.89. The SMILES string of the molecule is COCC(C)N(C)c1c(CBr)c(C)nn1C. The van der Waals surface area contributed by atoms with Gasteiger partial charge < -0.3 is 9.64 Å². The van der Waals surface area contributed by atoms with Gasteiger partial charge in [0.15, 0.2) is 0 Å². The van der Waals surface area contributed by atoms with Crippen molar-refractivity contribution >= 4 is 21.7 Å². The molecule has 5 heteroatoms. The molecule has 1 aromatic heterocycles. The lowest BCUT2D eigenvalue weighted by molar-refractivity contribution is 0.183. The average molecular weight is 290 g/mol. The highest BCUT2D eigenvalue weighted by molar-refractivity contribution is 9.08. The number of ether oxygens (including phenoxy) is 1. The molecular formula is C11H20BrN3O. The van der Waals surface area contributed by atoms with Gasteiger partial charge in [-0.05, 0) is 13.8 Å². The Labute approximate surface area is 106 Å². The normalized spacial score (nSPS) is 12.9. The number of aromatic nitrogens is 2. The van der Waals surface area contributed by atoms with Gasteiger partial charge in [0, 0.05) is 32.1 Å². The highest BCUT2D eigenvalue weighted by Crippen LogP contribution is 2.25. The number of alkyl halides is 1. The minimum absolute atomic E-state index is 0.331. The first kappa shape index (κ1) is 13.5. The summed E-state index contributed by atoms with van der Waals surface area (Å²) >= 11 is 3.52. The molecule has 0 aliphatic rings. The van der Waals surface area contributed by atoms with Gasteiger partial charge in [-0.2, -0.15) is 5.10 Å². The van der Waals surface area contributed by atoms with Gasteiger partial charge in [0.25, 0.3) is 0 Å². The molecule has 1 atom stereocenters. The first-order valence-corrected chi connectivity index (χ1v) is 6.45. The van der Waals surface area contributed by atoms with E-state index in [4.69, 9.17) is 4.74 Å². The number of hydrogen-bond donors (Lipinski definition) is 0. The Hall–Kier alpha value is -0.550. The molecule has 0 aromatic carbocycles. The monoisotopic (exact) mass is 289 g/mol. The molecule has 0 bridgehead atoms. The zero-order valence-electron chi connectivity index (χ0n) is 10.6. The highest BCUT2D eigenvalue weighted by Gasteiger charge is 2.19. The molecule has 0 amide bonds. The first-order chi connectivity index (χ1) is 7.52. The molecule has 0 radical (unpaired) electrons. The molecule has 0 spiro atoms. The molecule has 92 valence electrons. The van der Waals surface area contributed by atoms with Gasteiger partial charge in [0.1, 0.15) is 5.82 Å². The molecule has 16 heavy (non-hydrogen) atoms. The number of aryl methyl sites for hydroxylation is 2. The van der Waals surface area contributed by atoms with Crippen molar-refractivity contribution in [3.05, 3.63) is 11.3 Å². The van der Waals surface area contributed by atoms with Gasteiger partial charge in [-0.25, -0.2) is 0 Å². The lowest BCUT2D eigenvalue weighted by Crippen LogP contribution is -2.34. The fraction of sp³-hybridized carbons (Fsp3) is 0.727. The third kappa shape index (κ3) is 2.58. The predicted octanol–water partition coefficient (Wildman–Crippen LogP) is 2.09.